The SMILES string of the molecule is CC(=O)N[C@@H](C)[C@@H]1C[C@@H]2CC[C@@H]1C2. The highest BCUT2D eigenvalue weighted by Gasteiger charge is 2.41. The maximum Gasteiger partial charge on any atom is 0.217 e. The zero-order valence-corrected chi connectivity index (χ0v) is 8.55. The Hall–Kier alpha value is -0.530. The predicted molar refractivity (Wildman–Crippen MR) is 52.2 cm³/mol. The van der Waals surface area contributed by atoms with Gasteiger partial charge in [-0.2, -0.15) is 0 Å². The van der Waals surface area contributed by atoms with Crippen molar-refractivity contribution in [3.8, 4) is 0 Å². The van der Waals surface area contributed by atoms with E-state index in [0.29, 0.717) is 6.04 Å². The van der Waals surface area contributed by atoms with E-state index in [-0.39, 0.29) is 5.91 Å². The number of fused-ring (bicyclic) bond motifs is 2. The third kappa shape index (κ3) is 1.72. The maximum atomic E-state index is 10.9. The standard InChI is InChI=1S/C11H19NO/c1-7(12-8(2)13)11-6-9-3-4-10(11)5-9/h7,9-11H,3-6H2,1-2H3,(H,12,13)/t7-,9+,10+,11-/m0/s1. The summed E-state index contributed by atoms with van der Waals surface area (Å²) >= 11 is 0. The van der Waals surface area contributed by atoms with Gasteiger partial charge in [0.1, 0.15) is 0 Å². The van der Waals surface area contributed by atoms with Gasteiger partial charge in [-0.15, -0.1) is 0 Å². The Kier molecular flexibility index (Phi) is 2.31. The second-order valence-electron chi connectivity index (χ2n) is 4.83. The maximum absolute atomic E-state index is 10.9. The molecule has 2 aliphatic rings. The first kappa shape index (κ1) is 9.04. The molecule has 0 unspecified atom stereocenters. The first-order chi connectivity index (χ1) is 6.16. The fourth-order valence-corrected chi connectivity index (χ4v) is 3.33. The van der Waals surface area contributed by atoms with Crippen molar-refractivity contribution in [2.24, 2.45) is 17.8 Å². The molecule has 0 aromatic heterocycles. The van der Waals surface area contributed by atoms with Gasteiger partial charge in [0.05, 0.1) is 0 Å². The van der Waals surface area contributed by atoms with E-state index in [4.69, 9.17) is 0 Å². The first-order valence-corrected chi connectivity index (χ1v) is 5.44. The molecule has 0 heterocycles. The average Bonchev–Trinajstić information content (AvgIpc) is 2.62. The highest BCUT2D eigenvalue weighted by atomic mass is 16.1. The Morgan fingerprint density at radius 3 is 2.62 bits per heavy atom. The third-order valence-corrected chi connectivity index (χ3v) is 3.87. The fraction of sp³-hybridized carbons (Fsp3) is 0.909. The van der Waals surface area contributed by atoms with Gasteiger partial charge in [-0.1, -0.05) is 6.42 Å². The van der Waals surface area contributed by atoms with E-state index in [2.05, 4.69) is 12.2 Å². The summed E-state index contributed by atoms with van der Waals surface area (Å²) in [5, 5.41) is 3.03. The molecule has 0 aromatic rings. The van der Waals surface area contributed by atoms with E-state index in [1.165, 1.54) is 25.7 Å². The minimum atomic E-state index is 0.121. The summed E-state index contributed by atoms with van der Waals surface area (Å²) in [7, 11) is 0. The van der Waals surface area contributed by atoms with Gasteiger partial charge in [-0.05, 0) is 43.9 Å². The van der Waals surface area contributed by atoms with Gasteiger partial charge >= 0.3 is 0 Å². The van der Waals surface area contributed by atoms with Crippen molar-refractivity contribution in [3.63, 3.8) is 0 Å². The molecule has 13 heavy (non-hydrogen) atoms. The van der Waals surface area contributed by atoms with Crippen molar-refractivity contribution in [2.75, 3.05) is 0 Å². The van der Waals surface area contributed by atoms with Crippen molar-refractivity contribution < 1.29 is 4.79 Å². The van der Waals surface area contributed by atoms with Crippen LogP contribution in [-0.4, -0.2) is 11.9 Å². The van der Waals surface area contributed by atoms with Crippen molar-refractivity contribution in [2.45, 2.75) is 45.6 Å². The van der Waals surface area contributed by atoms with Gasteiger partial charge in [0, 0.05) is 13.0 Å². The smallest absolute Gasteiger partial charge is 0.217 e. The molecule has 2 bridgehead atoms. The van der Waals surface area contributed by atoms with Crippen LogP contribution in [0.15, 0.2) is 0 Å². The number of carbonyl (C=O) groups is 1. The van der Waals surface area contributed by atoms with Crippen LogP contribution in [0.2, 0.25) is 0 Å². The number of rotatable bonds is 2. The Bertz CT molecular complexity index is 214. The molecule has 74 valence electrons. The van der Waals surface area contributed by atoms with E-state index in [9.17, 15) is 4.79 Å². The lowest BCUT2D eigenvalue weighted by molar-refractivity contribution is -0.120. The molecule has 2 rings (SSSR count). The molecular weight excluding hydrogens is 162 g/mol. The van der Waals surface area contributed by atoms with Crippen LogP contribution in [0.4, 0.5) is 0 Å². The largest absolute Gasteiger partial charge is 0.354 e. The van der Waals surface area contributed by atoms with Crippen LogP contribution >= 0.6 is 0 Å². The molecular formula is C11H19NO. The van der Waals surface area contributed by atoms with E-state index in [0.717, 1.165) is 17.8 Å². The van der Waals surface area contributed by atoms with E-state index in [1.807, 2.05) is 0 Å². The molecule has 0 spiro atoms. The molecule has 2 aliphatic carbocycles. The number of amides is 1. The second-order valence-corrected chi connectivity index (χ2v) is 4.83. The summed E-state index contributed by atoms with van der Waals surface area (Å²) in [6, 6.07) is 0.396. The topological polar surface area (TPSA) is 29.1 Å². The summed E-state index contributed by atoms with van der Waals surface area (Å²) in [5.41, 5.74) is 0. The highest BCUT2D eigenvalue weighted by Crippen LogP contribution is 2.49. The fourth-order valence-electron chi connectivity index (χ4n) is 3.33. The molecule has 1 N–H and O–H groups in total. The first-order valence-electron chi connectivity index (χ1n) is 5.44. The Morgan fingerprint density at radius 2 is 2.15 bits per heavy atom. The van der Waals surface area contributed by atoms with E-state index >= 15 is 0 Å². The molecule has 2 nitrogen and oxygen atoms in total. The molecule has 0 aromatic carbocycles. The average molecular weight is 181 g/mol. The molecule has 2 saturated carbocycles. The van der Waals surface area contributed by atoms with Crippen molar-refractivity contribution >= 4 is 5.91 Å². The summed E-state index contributed by atoms with van der Waals surface area (Å²) in [5.74, 6) is 2.77. The Morgan fingerprint density at radius 1 is 1.38 bits per heavy atom. The summed E-state index contributed by atoms with van der Waals surface area (Å²) < 4.78 is 0. The van der Waals surface area contributed by atoms with Crippen LogP contribution in [0.25, 0.3) is 0 Å². The number of nitrogens with one attached hydrogen (secondary N) is 1. The highest BCUT2D eigenvalue weighted by molar-refractivity contribution is 5.73. The quantitative estimate of drug-likeness (QED) is 0.693. The molecule has 4 atom stereocenters. The van der Waals surface area contributed by atoms with E-state index in [1.54, 1.807) is 6.92 Å². The van der Waals surface area contributed by atoms with Gasteiger partial charge < -0.3 is 5.32 Å². The Balaban J connectivity index is 1.91. The van der Waals surface area contributed by atoms with Crippen LogP contribution in [0.3, 0.4) is 0 Å². The number of hydrogen-bond acceptors (Lipinski definition) is 1. The van der Waals surface area contributed by atoms with Gasteiger partial charge in [0.25, 0.3) is 0 Å². The van der Waals surface area contributed by atoms with Crippen LogP contribution in [0.5, 0.6) is 0 Å². The molecule has 2 heteroatoms. The lowest BCUT2D eigenvalue weighted by atomic mass is 9.84. The van der Waals surface area contributed by atoms with Gasteiger partial charge in [-0.3, -0.25) is 4.79 Å². The number of hydrogen-bond donors (Lipinski definition) is 1. The van der Waals surface area contributed by atoms with Gasteiger partial charge in [0.2, 0.25) is 5.91 Å². The third-order valence-electron chi connectivity index (χ3n) is 3.87. The molecule has 2 fully saturated rings. The normalized spacial score (nSPS) is 39.1. The zero-order chi connectivity index (χ0) is 9.42. The van der Waals surface area contributed by atoms with Gasteiger partial charge in [-0.25, -0.2) is 0 Å². The molecule has 0 saturated heterocycles. The van der Waals surface area contributed by atoms with Crippen molar-refractivity contribution in [1.29, 1.82) is 0 Å². The van der Waals surface area contributed by atoms with Crippen molar-refractivity contribution in [1.82, 2.24) is 5.32 Å². The van der Waals surface area contributed by atoms with Crippen LogP contribution in [-0.2, 0) is 4.79 Å². The van der Waals surface area contributed by atoms with Gasteiger partial charge in [0.15, 0.2) is 0 Å². The lowest BCUT2D eigenvalue weighted by Crippen LogP contribution is -2.38. The van der Waals surface area contributed by atoms with Crippen LogP contribution < -0.4 is 5.32 Å². The summed E-state index contributed by atoms with van der Waals surface area (Å²) in [4.78, 5) is 10.9. The minimum Gasteiger partial charge on any atom is -0.354 e. The molecule has 1 amide bonds. The monoisotopic (exact) mass is 181 g/mol. The minimum absolute atomic E-state index is 0.121. The van der Waals surface area contributed by atoms with Crippen LogP contribution in [0.1, 0.15) is 39.5 Å². The van der Waals surface area contributed by atoms with Crippen LogP contribution in [0, 0.1) is 17.8 Å². The Labute approximate surface area is 80.1 Å². The molecule has 0 aliphatic heterocycles. The lowest BCUT2D eigenvalue weighted by Gasteiger charge is -2.28. The second kappa shape index (κ2) is 3.32. The summed E-state index contributed by atoms with van der Waals surface area (Å²) in [6.07, 6.45) is 5.62. The summed E-state index contributed by atoms with van der Waals surface area (Å²) in [6.45, 7) is 3.77. The zero-order valence-electron chi connectivity index (χ0n) is 8.55. The van der Waals surface area contributed by atoms with E-state index < -0.39 is 0 Å². The number of carbonyl (C=O) groups excluding carboxylic acids is 1. The molecule has 0 radical (unpaired) electrons. The predicted octanol–water partition coefficient (Wildman–Crippen LogP) is 1.95. The van der Waals surface area contributed by atoms with Crippen molar-refractivity contribution in [3.05, 3.63) is 0 Å².